The molecule has 0 aliphatic carbocycles. The van der Waals surface area contributed by atoms with Gasteiger partial charge in [0.15, 0.2) is 0 Å². The van der Waals surface area contributed by atoms with Crippen molar-refractivity contribution in [3.8, 4) is 0 Å². The number of quaternary nitrogens is 1. The Bertz CT molecular complexity index is 156. The molecule has 64 valence electrons. The third-order valence-corrected chi connectivity index (χ3v) is 2.51. The molecule has 0 saturated carbocycles. The molecular formula is C9H17NO. The Morgan fingerprint density at radius 2 is 2.36 bits per heavy atom. The van der Waals surface area contributed by atoms with E-state index in [1.54, 1.807) is 6.20 Å². The Morgan fingerprint density at radius 3 is 2.82 bits per heavy atom. The first-order valence-electron chi connectivity index (χ1n) is 4.40. The average molecular weight is 155 g/mol. The van der Waals surface area contributed by atoms with E-state index in [-0.39, 0.29) is 5.54 Å². The van der Waals surface area contributed by atoms with Crippen LogP contribution in [0.5, 0.6) is 0 Å². The second kappa shape index (κ2) is 3.37. The molecule has 2 nitrogen and oxygen atoms in total. The zero-order chi connectivity index (χ0) is 8.32. The monoisotopic (exact) mass is 155 g/mol. The first-order chi connectivity index (χ1) is 5.19. The van der Waals surface area contributed by atoms with Gasteiger partial charge in [-0.1, -0.05) is 13.3 Å². The molecule has 1 heterocycles. The van der Waals surface area contributed by atoms with Crippen LogP contribution in [0.25, 0.3) is 0 Å². The van der Waals surface area contributed by atoms with Crippen LogP contribution < -0.4 is 5.06 Å². The van der Waals surface area contributed by atoms with Gasteiger partial charge in [-0.15, -0.1) is 0 Å². The van der Waals surface area contributed by atoms with Crippen LogP contribution in [0.4, 0.5) is 0 Å². The molecule has 0 amide bonds. The molecule has 0 fully saturated rings. The fourth-order valence-electron chi connectivity index (χ4n) is 1.52. The summed E-state index contributed by atoms with van der Waals surface area (Å²) in [6.07, 6.45) is 8.08. The number of rotatable bonds is 3. The third kappa shape index (κ3) is 1.82. The van der Waals surface area contributed by atoms with Gasteiger partial charge in [-0.25, -0.2) is 0 Å². The van der Waals surface area contributed by atoms with Gasteiger partial charge in [0, 0.05) is 12.8 Å². The Balaban J connectivity index is 2.41. The second-order valence-electron chi connectivity index (χ2n) is 3.63. The minimum atomic E-state index is -0.0456. The van der Waals surface area contributed by atoms with Crippen LogP contribution in [0.15, 0.2) is 12.3 Å². The van der Waals surface area contributed by atoms with Crippen molar-refractivity contribution in [1.29, 1.82) is 0 Å². The maximum absolute atomic E-state index is 11.3. The Labute approximate surface area is 68.5 Å². The summed E-state index contributed by atoms with van der Waals surface area (Å²) in [5, 5.41) is 11.6. The van der Waals surface area contributed by atoms with Crippen LogP contribution in [0, 0.1) is 5.21 Å². The zero-order valence-electron chi connectivity index (χ0n) is 7.39. The van der Waals surface area contributed by atoms with E-state index in [0.29, 0.717) is 5.06 Å². The highest BCUT2D eigenvalue weighted by Gasteiger charge is 2.31. The standard InChI is InChI=1S/C9H17NO/c1-3-4-6-9(2)7-5-8-10(9)11/h5,8,10H,3-4,6-7H2,1-2H3. The molecule has 0 radical (unpaired) electrons. The van der Waals surface area contributed by atoms with E-state index in [4.69, 9.17) is 0 Å². The summed E-state index contributed by atoms with van der Waals surface area (Å²) in [5.74, 6) is 0. The van der Waals surface area contributed by atoms with Gasteiger partial charge in [-0.2, -0.15) is 0 Å². The summed E-state index contributed by atoms with van der Waals surface area (Å²) >= 11 is 0. The summed E-state index contributed by atoms with van der Waals surface area (Å²) in [6, 6.07) is 0. The highest BCUT2D eigenvalue weighted by Crippen LogP contribution is 2.17. The molecule has 0 bridgehead atoms. The maximum atomic E-state index is 11.3. The molecule has 0 aromatic heterocycles. The third-order valence-electron chi connectivity index (χ3n) is 2.51. The van der Waals surface area contributed by atoms with Gasteiger partial charge in [0.05, 0.1) is 6.20 Å². The molecule has 0 aromatic carbocycles. The first-order valence-corrected chi connectivity index (χ1v) is 4.40. The Kier molecular flexibility index (Phi) is 2.68. The number of unbranched alkanes of at least 4 members (excludes halogenated alkanes) is 1. The van der Waals surface area contributed by atoms with Crippen molar-refractivity contribution in [3.05, 3.63) is 17.5 Å². The molecule has 0 saturated heterocycles. The van der Waals surface area contributed by atoms with Gasteiger partial charge in [0.1, 0.15) is 5.54 Å². The number of nitrogens with one attached hydrogen (secondary N) is 1. The summed E-state index contributed by atoms with van der Waals surface area (Å²) in [7, 11) is 0. The fourth-order valence-corrected chi connectivity index (χ4v) is 1.52. The van der Waals surface area contributed by atoms with E-state index in [0.717, 1.165) is 12.8 Å². The van der Waals surface area contributed by atoms with Crippen molar-refractivity contribution in [3.63, 3.8) is 0 Å². The van der Waals surface area contributed by atoms with Crippen LogP contribution in [-0.2, 0) is 0 Å². The predicted molar refractivity (Wildman–Crippen MR) is 46.0 cm³/mol. The fraction of sp³-hybridized carbons (Fsp3) is 0.778. The average Bonchev–Trinajstić information content (AvgIpc) is 2.30. The van der Waals surface area contributed by atoms with Crippen molar-refractivity contribution in [2.75, 3.05) is 0 Å². The van der Waals surface area contributed by atoms with E-state index < -0.39 is 0 Å². The van der Waals surface area contributed by atoms with E-state index in [1.165, 1.54) is 12.8 Å². The Hall–Kier alpha value is -0.340. The lowest BCUT2D eigenvalue weighted by molar-refractivity contribution is -0.845. The molecule has 0 aromatic rings. The quantitative estimate of drug-likeness (QED) is 0.610. The molecule has 1 aliphatic heterocycles. The summed E-state index contributed by atoms with van der Waals surface area (Å²) in [5.41, 5.74) is -0.0456. The van der Waals surface area contributed by atoms with Crippen molar-refractivity contribution in [1.82, 2.24) is 0 Å². The first kappa shape index (κ1) is 8.75. The van der Waals surface area contributed by atoms with Gasteiger partial charge < -0.3 is 10.3 Å². The van der Waals surface area contributed by atoms with E-state index in [9.17, 15) is 5.21 Å². The van der Waals surface area contributed by atoms with E-state index in [1.807, 2.05) is 6.08 Å². The van der Waals surface area contributed by atoms with Crippen LogP contribution in [0.3, 0.4) is 0 Å². The summed E-state index contributed by atoms with van der Waals surface area (Å²) in [6.45, 7) is 4.24. The van der Waals surface area contributed by atoms with Crippen molar-refractivity contribution in [2.24, 2.45) is 0 Å². The SMILES string of the molecule is CCCCC1(C)CC=C[NH+]1[O-]. The van der Waals surface area contributed by atoms with Gasteiger partial charge >= 0.3 is 0 Å². The van der Waals surface area contributed by atoms with Gasteiger partial charge in [-0.3, -0.25) is 0 Å². The normalized spacial score (nSPS) is 36.5. The minimum Gasteiger partial charge on any atom is -0.629 e. The number of hydroxylamine groups is 2. The van der Waals surface area contributed by atoms with Crippen molar-refractivity contribution < 1.29 is 5.06 Å². The van der Waals surface area contributed by atoms with Gasteiger partial charge in [0.25, 0.3) is 0 Å². The number of hydrogen-bond acceptors (Lipinski definition) is 1. The highest BCUT2D eigenvalue weighted by atomic mass is 16.5. The lowest BCUT2D eigenvalue weighted by Crippen LogP contribution is -3.10. The van der Waals surface area contributed by atoms with Crippen LogP contribution in [0.2, 0.25) is 0 Å². The molecular weight excluding hydrogens is 138 g/mol. The van der Waals surface area contributed by atoms with Crippen LogP contribution >= 0.6 is 0 Å². The van der Waals surface area contributed by atoms with Gasteiger partial charge in [0.2, 0.25) is 0 Å². The van der Waals surface area contributed by atoms with Gasteiger partial charge in [-0.05, 0) is 19.4 Å². The van der Waals surface area contributed by atoms with Crippen molar-refractivity contribution >= 4 is 0 Å². The van der Waals surface area contributed by atoms with Crippen molar-refractivity contribution in [2.45, 2.75) is 45.1 Å². The molecule has 0 spiro atoms. The molecule has 1 N–H and O–H groups in total. The molecule has 2 unspecified atom stereocenters. The summed E-state index contributed by atoms with van der Waals surface area (Å²) in [4.78, 5) is 0. The number of hydrogen-bond donors (Lipinski definition) is 1. The summed E-state index contributed by atoms with van der Waals surface area (Å²) < 4.78 is 0. The van der Waals surface area contributed by atoms with E-state index in [2.05, 4.69) is 13.8 Å². The lowest BCUT2D eigenvalue weighted by Gasteiger charge is -2.33. The Morgan fingerprint density at radius 1 is 1.64 bits per heavy atom. The van der Waals surface area contributed by atoms with Crippen LogP contribution in [0.1, 0.15) is 39.5 Å². The topological polar surface area (TPSA) is 27.5 Å². The minimum absolute atomic E-state index is 0.0456. The molecule has 1 rings (SSSR count). The second-order valence-corrected chi connectivity index (χ2v) is 3.63. The highest BCUT2D eigenvalue weighted by molar-refractivity contribution is 4.92. The molecule has 2 heteroatoms. The van der Waals surface area contributed by atoms with E-state index >= 15 is 0 Å². The zero-order valence-corrected chi connectivity index (χ0v) is 7.39. The molecule has 11 heavy (non-hydrogen) atoms. The largest absolute Gasteiger partial charge is 0.629 e. The lowest BCUT2D eigenvalue weighted by atomic mass is 9.93. The molecule has 2 atom stereocenters. The smallest absolute Gasteiger partial charge is 0.102 e. The predicted octanol–water partition coefficient (Wildman–Crippen LogP) is 1.24. The molecule has 1 aliphatic rings. The van der Waals surface area contributed by atoms with Crippen LogP contribution in [-0.4, -0.2) is 5.54 Å². The maximum Gasteiger partial charge on any atom is 0.102 e.